The first kappa shape index (κ1) is 22.9. The predicted molar refractivity (Wildman–Crippen MR) is 126 cm³/mol. The summed E-state index contributed by atoms with van der Waals surface area (Å²) in [5.41, 5.74) is 3.13. The van der Waals surface area contributed by atoms with E-state index in [1.54, 1.807) is 17.2 Å². The summed E-state index contributed by atoms with van der Waals surface area (Å²) in [6.45, 7) is 6.68. The van der Waals surface area contributed by atoms with Gasteiger partial charge in [0.05, 0.1) is 29.3 Å². The number of nitrogens with one attached hydrogen (secondary N) is 2. The maximum Gasteiger partial charge on any atom is 0.410 e. The lowest BCUT2D eigenvalue weighted by Crippen LogP contribution is -2.42. The molecule has 0 saturated carbocycles. The van der Waals surface area contributed by atoms with Crippen molar-refractivity contribution < 1.29 is 9.53 Å². The highest BCUT2D eigenvalue weighted by molar-refractivity contribution is 9.10. The normalized spacial score (nSPS) is 18.7. The van der Waals surface area contributed by atoms with Gasteiger partial charge in [0.1, 0.15) is 17.5 Å². The van der Waals surface area contributed by atoms with E-state index in [0.717, 1.165) is 22.6 Å². The molecule has 1 fully saturated rings. The average Bonchev–Trinajstić information content (AvgIpc) is 3.25. The number of amides is 1. The summed E-state index contributed by atoms with van der Waals surface area (Å²) >= 11 is 3.57. The van der Waals surface area contributed by atoms with Crippen molar-refractivity contribution >= 4 is 27.8 Å². The molecule has 8 nitrogen and oxygen atoms in total. The van der Waals surface area contributed by atoms with Crippen molar-refractivity contribution in [3.63, 3.8) is 0 Å². The molecule has 9 heteroatoms. The van der Waals surface area contributed by atoms with Crippen LogP contribution < -0.4 is 5.32 Å². The van der Waals surface area contributed by atoms with Gasteiger partial charge in [-0.1, -0.05) is 12.1 Å². The summed E-state index contributed by atoms with van der Waals surface area (Å²) in [7, 11) is 0. The van der Waals surface area contributed by atoms with Crippen molar-refractivity contribution in [1.29, 1.82) is 10.5 Å². The standard InChI is InChI=1S/C24H25BrN6O2/c1-24(2,3)33-23(32)31-9-7-14(8-10-31)21-17(12-27)19(18-13-28-30-22(18)29-21)16-6-4-5-15(11-26)20(16)25/h4-6,13-14,19H,7-10H2,1-3H3,(H2,28,29,30). The topological polar surface area (TPSA) is 118 Å². The molecule has 170 valence electrons. The van der Waals surface area contributed by atoms with Crippen LogP contribution in [-0.2, 0) is 4.74 Å². The maximum atomic E-state index is 12.5. The lowest BCUT2D eigenvalue weighted by Gasteiger charge is -2.37. The minimum atomic E-state index is -0.537. The first-order valence-electron chi connectivity index (χ1n) is 10.8. The molecule has 1 amide bonds. The number of fused-ring (bicyclic) bond motifs is 1. The summed E-state index contributed by atoms with van der Waals surface area (Å²) < 4.78 is 6.19. The molecule has 0 bridgehead atoms. The number of benzene rings is 1. The minimum Gasteiger partial charge on any atom is -0.444 e. The molecule has 0 spiro atoms. The van der Waals surface area contributed by atoms with Crippen LogP contribution in [0.15, 0.2) is 40.1 Å². The van der Waals surface area contributed by atoms with Gasteiger partial charge in [0, 0.05) is 34.7 Å². The highest BCUT2D eigenvalue weighted by atomic mass is 79.9. The van der Waals surface area contributed by atoms with Gasteiger partial charge >= 0.3 is 6.09 Å². The Labute approximate surface area is 201 Å². The van der Waals surface area contributed by atoms with Crippen molar-refractivity contribution in [2.45, 2.75) is 45.1 Å². The second-order valence-corrected chi connectivity index (χ2v) is 10.1. The molecule has 4 rings (SSSR count). The second kappa shape index (κ2) is 8.92. The van der Waals surface area contributed by atoms with Gasteiger partial charge in [0.15, 0.2) is 0 Å². The van der Waals surface area contributed by atoms with Crippen LogP contribution in [0.3, 0.4) is 0 Å². The molecular weight excluding hydrogens is 484 g/mol. The van der Waals surface area contributed by atoms with Gasteiger partial charge in [-0.15, -0.1) is 0 Å². The number of hydrogen-bond acceptors (Lipinski definition) is 6. The van der Waals surface area contributed by atoms with Gasteiger partial charge in [-0.3, -0.25) is 5.10 Å². The van der Waals surface area contributed by atoms with Crippen LogP contribution in [0, 0.1) is 28.6 Å². The number of piperidine rings is 1. The summed E-state index contributed by atoms with van der Waals surface area (Å²) in [6, 6.07) is 10.1. The smallest absolute Gasteiger partial charge is 0.410 e. The molecule has 1 atom stereocenters. The quantitative estimate of drug-likeness (QED) is 0.587. The van der Waals surface area contributed by atoms with Crippen LogP contribution in [0.1, 0.15) is 56.2 Å². The second-order valence-electron chi connectivity index (χ2n) is 9.26. The molecule has 2 aromatic rings. The number of nitriles is 2. The fourth-order valence-corrected chi connectivity index (χ4v) is 5.02. The number of ether oxygens (including phenoxy) is 1. The van der Waals surface area contributed by atoms with E-state index in [0.29, 0.717) is 41.5 Å². The lowest BCUT2D eigenvalue weighted by atomic mass is 9.79. The molecule has 1 aromatic carbocycles. The Morgan fingerprint density at radius 3 is 2.58 bits per heavy atom. The number of likely N-dealkylation sites (tertiary alicyclic amines) is 1. The van der Waals surface area contributed by atoms with Gasteiger partial charge < -0.3 is 15.0 Å². The van der Waals surface area contributed by atoms with E-state index in [4.69, 9.17) is 4.74 Å². The summed E-state index contributed by atoms with van der Waals surface area (Å²) in [6.07, 6.45) is 2.83. The Balaban J connectivity index is 1.66. The van der Waals surface area contributed by atoms with Crippen LogP contribution in [0.4, 0.5) is 10.6 Å². The molecule has 2 aliphatic rings. The maximum absolute atomic E-state index is 12.5. The van der Waals surface area contributed by atoms with Crippen LogP contribution >= 0.6 is 15.9 Å². The van der Waals surface area contributed by atoms with Crippen molar-refractivity contribution in [3.8, 4) is 12.1 Å². The zero-order valence-electron chi connectivity index (χ0n) is 18.8. The number of aromatic nitrogens is 2. The van der Waals surface area contributed by atoms with Gasteiger partial charge in [-0.25, -0.2) is 4.79 Å². The van der Waals surface area contributed by atoms with Crippen molar-refractivity contribution in [3.05, 3.63) is 56.8 Å². The largest absolute Gasteiger partial charge is 0.444 e. The molecule has 2 N–H and O–H groups in total. The number of allylic oxidation sites excluding steroid dienone is 2. The molecule has 3 heterocycles. The predicted octanol–water partition coefficient (Wildman–Crippen LogP) is 5.03. The number of anilines is 1. The van der Waals surface area contributed by atoms with Gasteiger partial charge in [-0.2, -0.15) is 15.6 Å². The highest BCUT2D eigenvalue weighted by Gasteiger charge is 2.37. The average molecular weight is 509 g/mol. The summed E-state index contributed by atoms with van der Waals surface area (Å²) in [4.78, 5) is 14.2. The lowest BCUT2D eigenvalue weighted by molar-refractivity contribution is 0.0194. The molecule has 2 aliphatic heterocycles. The third-order valence-electron chi connectivity index (χ3n) is 5.95. The molecule has 0 aliphatic carbocycles. The van der Waals surface area contributed by atoms with E-state index >= 15 is 0 Å². The molecule has 0 radical (unpaired) electrons. The first-order valence-corrected chi connectivity index (χ1v) is 11.6. The Hall–Kier alpha value is -3.30. The Bertz CT molecular complexity index is 1190. The monoisotopic (exact) mass is 508 g/mol. The highest BCUT2D eigenvalue weighted by Crippen LogP contribution is 2.46. The number of carbonyl (C=O) groups excluding carboxylic acids is 1. The summed E-state index contributed by atoms with van der Waals surface area (Å²) in [5, 5.41) is 30.3. The fourth-order valence-electron chi connectivity index (χ4n) is 4.43. The summed E-state index contributed by atoms with van der Waals surface area (Å²) in [5.74, 6) is 0.472. The molecular formula is C24H25BrN6O2. The van der Waals surface area contributed by atoms with Gasteiger partial charge in [0.25, 0.3) is 0 Å². The van der Waals surface area contributed by atoms with Gasteiger partial charge in [-0.05, 0) is 61.2 Å². The van der Waals surface area contributed by atoms with Crippen molar-refractivity contribution in [2.75, 3.05) is 18.4 Å². The van der Waals surface area contributed by atoms with Crippen LogP contribution in [0.5, 0.6) is 0 Å². The van der Waals surface area contributed by atoms with E-state index in [-0.39, 0.29) is 17.9 Å². The third-order valence-corrected chi connectivity index (χ3v) is 6.84. The van der Waals surface area contributed by atoms with E-state index < -0.39 is 5.60 Å². The van der Waals surface area contributed by atoms with Crippen LogP contribution in [0.2, 0.25) is 0 Å². The molecule has 1 saturated heterocycles. The Morgan fingerprint density at radius 1 is 1.21 bits per heavy atom. The van der Waals surface area contributed by atoms with Gasteiger partial charge in [0.2, 0.25) is 0 Å². The number of aromatic amines is 1. The third kappa shape index (κ3) is 4.46. The number of rotatable bonds is 2. The number of H-pyrrole nitrogens is 1. The number of halogens is 1. The van der Waals surface area contributed by atoms with E-state index in [1.165, 1.54) is 0 Å². The Kier molecular flexibility index (Phi) is 6.18. The Morgan fingerprint density at radius 2 is 1.94 bits per heavy atom. The molecule has 1 unspecified atom stereocenters. The van der Waals surface area contributed by atoms with E-state index in [9.17, 15) is 15.3 Å². The molecule has 1 aromatic heterocycles. The molecule has 33 heavy (non-hydrogen) atoms. The van der Waals surface area contributed by atoms with Crippen LogP contribution in [-0.4, -0.2) is 39.9 Å². The van der Waals surface area contributed by atoms with Crippen LogP contribution in [0.25, 0.3) is 0 Å². The number of nitrogens with zero attached hydrogens (tertiary/aromatic N) is 4. The number of carbonyl (C=O) groups is 1. The van der Waals surface area contributed by atoms with Crippen molar-refractivity contribution in [2.24, 2.45) is 5.92 Å². The number of hydrogen-bond donors (Lipinski definition) is 2. The van der Waals surface area contributed by atoms with Crippen molar-refractivity contribution in [1.82, 2.24) is 15.1 Å². The zero-order valence-corrected chi connectivity index (χ0v) is 20.4. The zero-order chi connectivity index (χ0) is 23.8. The SMILES string of the molecule is CC(C)(C)OC(=O)N1CCC(C2=C(C#N)C(c3cccc(C#N)c3Br)c3cn[nH]c3N2)CC1. The van der Waals surface area contributed by atoms with E-state index in [1.807, 2.05) is 32.9 Å². The fraction of sp³-hybridized carbons (Fsp3) is 0.417. The first-order chi connectivity index (χ1) is 15.7. The van der Waals surface area contributed by atoms with E-state index in [2.05, 4.69) is 43.6 Å². The minimum absolute atomic E-state index is 0.0789.